The van der Waals surface area contributed by atoms with Crippen molar-refractivity contribution in [1.82, 2.24) is 9.88 Å². The predicted octanol–water partition coefficient (Wildman–Crippen LogP) is 1.14. The van der Waals surface area contributed by atoms with Crippen LogP contribution in [0.1, 0.15) is 30.1 Å². The Morgan fingerprint density at radius 2 is 2.16 bits per heavy atom. The number of aliphatic hydroxyl groups is 1. The van der Waals surface area contributed by atoms with Crippen molar-refractivity contribution in [2.45, 2.75) is 19.8 Å². The number of aromatic nitrogens is 1. The van der Waals surface area contributed by atoms with Crippen LogP contribution in [-0.2, 0) is 0 Å². The maximum atomic E-state index is 12.2. The van der Waals surface area contributed by atoms with Crippen LogP contribution in [0.2, 0.25) is 0 Å². The quantitative estimate of drug-likeness (QED) is 0.865. The van der Waals surface area contributed by atoms with Gasteiger partial charge in [0.1, 0.15) is 5.82 Å². The zero-order valence-electron chi connectivity index (χ0n) is 11.4. The van der Waals surface area contributed by atoms with Crippen LogP contribution in [0.15, 0.2) is 18.3 Å². The summed E-state index contributed by atoms with van der Waals surface area (Å²) in [7, 11) is 0. The molecule has 1 aromatic heterocycles. The standard InChI is InChI=1S/C14H21N3O2/c1-2-16(9-10-18)14(19)12-5-6-13(15-11-12)17-7-3-4-8-17/h5-6,11,18H,2-4,7-10H2,1H3. The molecule has 0 atom stereocenters. The second kappa shape index (κ2) is 6.52. The zero-order valence-corrected chi connectivity index (χ0v) is 11.4. The van der Waals surface area contributed by atoms with Crippen molar-refractivity contribution < 1.29 is 9.90 Å². The fraction of sp³-hybridized carbons (Fsp3) is 0.571. The van der Waals surface area contributed by atoms with Gasteiger partial charge in [-0.05, 0) is 31.9 Å². The molecule has 5 nitrogen and oxygen atoms in total. The Labute approximate surface area is 113 Å². The molecule has 1 aliphatic heterocycles. The fourth-order valence-corrected chi connectivity index (χ4v) is 2.35. The molecular weight excluding hydrogens is 242 g/mol. The Hall–Kier alpha value is -1.62. The molecule has 0 aromatic carbocycles. The molecule has 2 rings (SSSR count). The van der Waals surface area contributed by atoms with Crippen LogP contribution in [0.25, 0.3) is 0 Å². The Morgan fingerprint density at radius 3 is 2.68 bits per heavy atom. The first kappa shape index (κ1) is 13.8. The van der Waals surface area contributed by atoms with Gasteiger partial charge in [-0.1, -0.05) is 0 Å². The summed E-state index contributed by atoms with van der Waals surface area (Å²) in [5.74, 6) is 0.872. The van der Waals surface area contributed by atoms with Gasteiger partial charge < -0.3 is 14.9 Å². The first-order chi connectivity index (χ1) is 9.26. The molecule has 19 heavy (non-hydrogen) atoms. The van der Waals surface area contributed by atoms with E-state index in [0.717, 1.165) is 18.9 Å². The van der Waals surface area contributed by atoms with E-state index >= 15 is 0 Å². The lowest BCUT2D eigenvalue weighted by Crippen LogP contribution is -2.33. The van der Waals surface area contributed by atoms with Gasteiger partial charge in [0.2, 0.25) is 0 Å². The third-order valence-corrected chi connectivity index (χ3v) is 3.46. The van der Waals surface area contributed by atoms with Crippen molar-refractivity contribution in [1.29, 1.82) is 0 Å². The first-order valence-electron chi connectivity index (χ1n) is 6.87. The molecule has 0 spiro atoms. The molecule has 1 aromatic rings. The average molecular weight is 263 g/mol. The van der Waals surface area contributed by atoms with Gasteiger partial charge in [0.25, 0.3) is 5.91 Å². The number of hydrogen-bond acceptors (Lipinski definition) is 4. The lowest BCUT2D eigenvalue weighted by molar-refractivity contribution is 0.0731. The monoisotopic (exact) mass is 263 g/mol. The van der Waals surface area contributed by atoms with Crippen molar-refractivity contribution in [2.75, 3.05) is 37.7 Å². The molecule has 2 heterocycles. The van der Waals surface area contributed by atoms with E-state index < -0.39 is 0 Å². The highest BCUT2D eigenvalue weighted by molar-refractivity contribution is 5.94. The molecule has 1 aliphatic rings. The largest absolute Gasteiger partial charge is 0.395 e. The van der Waals surface area contributed by atoms with Gasteiger partial charge in [-0.2, -0.15) is 0 Å². The highest BCUT2D eigenvalue weighted by Crippen LogP contribution is 2.18. The van der Waals surface area contributed by atoms with Gasteiger partial charge >= 0.3 is 0 Å². The minimum absolute atomic E-state index is 0.0150. The molecule has 0 saturated carbocycles. The number of anilines is 1. The SMILES string of the molecule is CCN(CCO)C(=O)c1ccc(N2CCCC2)nc1. The average Bonchev–Trinajstić information content (AvgIpc) is 2.98. The summed E-state index contributed by atoms with van der Waals surface area (Å²) < 4.78 is 0. The maximum Gasteiger partial charge on any atom is 0.255 e. The van der Waals surface area contributed by atoms with E-state index in [1.807, 2.05) is 19.1 Å². The van der Waals surface area contributed by atoms with E-state index in [4.69, 9.17) is 5.11 Å². The summed E-state index contributed by atoms with van der Waals surface area (Å²) in [6.45, 7) is 4.94. The first-order valence-corrected chi connectivity index (χ1v) is 6.87. The lowest BCUT2D eigenvalue weighted by atomic mass is 10.2. The number of aliphatic hydroxyl groups excluding tert-OH is 1. The minimum atomic E-state index is -0.0722. The highest BCUT2D eigenvalue weighted by Gasteiger charge is 2.16. The van der Waals surface area contributed by atoms with Gasteiger partial charge in [0.05, 0.1) is 12.2 Å². The van der Waals surface area contributed by atoms with Crippen molar-refractivity contribution in [3.05, 3.63) is 23.9 Å². The summed E-state index contributed by atoms with van der Waals surface area (Å²) in [5, 5.41) is 8.94. The van der Waals surface area contributed by atoms with E-state index in [1.165, 1.54) is 12.8 Å². The summed E-state index contributed by atoms with van der Waals surface area (Å²) >= 11 is 0. The van der Waals surface area contributed by atoms with E-state index in [-0.39, 0.29) is 12.5 Å². The molecule has 1 fully saturated rings. The number of amides is 1. The second-order valence-electron chi connectivity index (χ2n) is 4.71. The number of hydrogen-bond donors (Lipinski definition) is 1. The highest BCUT2D eigenvalue weighted by atomic mass is 16.3. The summed E-state index contributed by atoms with van der Waals surface area (Å²) in [4.78, 5) is 20.4. The van der Waals surface area contributed by atoms with Gasteiger partial charge in [0, 0.05) is 32.4 Å². The number of pyridine rings is 1. The molecular formula is C14H21N3O2. The zero-order chi connectivity index (χ0) is 13.7. The molecule has 104 valence electrons. The van der Waals surface area contributed by atoms with Crippen molar-refractivity contribution in [2.24, 2.45) is 0 Å². The minimum Gasteiger partial charge on any atom is -0.395 e. The predicted molar refractivity (Wildman–Crippen MR) is 74.3 cm³/mol. The van der Waals surface area contributed by atoms with Crippen LogP contribution < -0.4 is 4.90 Å². The smallest absolute Gasteiger partial charge is 0.255 e. The summed E-state index contributed by atoms with van der Waals surface area (Å²) in [5.41, 5.74) is 0.582. The van der Waals surface area contributed by atoms with Gasteiger partial charge in [-0.3, -0.25) is 4.79 Å². The molecule has 0 bridgehead atoms. The molecule has 1 N–H and O–H groups in total. The Kier molecular flexibility index (Phi) is 4.74. The third-order valence-electron chi connectivity index (χ3n) is 3.46. The maximum absolute atomic E-state index is 12.2. The summed E-state index contributed by atoms with van der Waals surface area (Å²) in [6, 6.07) is 3.73. The van der Waals surface area contributed by atoms with Crippen molar-refractivity contribution in [3.8, 4) is 0 Å². The number of nitrogens with zero attached hydrogens (tertiary/aromatic N) is 3. The van der Waals surface area contributed by atoms with Crippen LogP contribution in [0.3, 0.4) is 0 Å². The fourth-order valence-electron chi connectivity index (χ4n) is 2.35. The number of likely N-dealkylation sites (N-methyl/N-ethyl adjacent to an activating group) is 1. The van der Waals surface area contributed by atoms with Crippen LogP contribution >= 0.6 is 0 Å². The molecule has 1 saturated heterocycles. The van der Waals surface area contributed by atoms with Crippen molar-refractivity contribution in [3.63, 3.8) is 0 Å². The van der Waals surface area contributed by atoms with Crippen LogP contribution in [0.5, 0.6) is 0 Å². The number of carbonyl (C=O) groups is 1. The molecule has 1 amide bonds. The van der Waals surface area contributed by atoms with Crippen LogP contribution in [0, 0.1) is 0 Å². The number of carbonyl (C=O) groups excluding carboxylic acids is 1. The Balaban J connectivity index is 2.06. The Bertz CT molecular complexity index is 413. The van der Waals surface area contributed by atoms with E-state index in [9.17, 15) is 4.79 Å². The topological polar surface area (TPSA) is 56.7 Å². The van der Waals surface area contributed by atoms with Crippen molar-refractivity contribution >= 4 is 11.7 Å². The van der Waals surface area contributed by atoms with Gasteiger partial charge in [-0.25, -0.2) is 4.98 Å². The normalized spacial score (nSPS) is 14.7. The molecule has 0 unspecified atom stereocenters. The van der Waals surface area contributed by atoms with E-state index in [0.29, 0.717) is 18.7 Å². The van der Waals surface area contributed by atoms with Crippen LogP contribution in [0.4, 0.5) is 5.82 Å². The second-order valence-corrected chi connectivity index (χ2v) is 4.71. The summed E-state index contributed by atoms with van der Waals surface area (Å²) in [6.07, 6.45) is 4.06. The van der Waals surface area contributed by atoms with Gasteiger partial charge in [-0.15, -0.1) is 0 Å². The van der Waals surface area contributed by atoms with Crippen LogP contribution in [-0.4, -0.2) is 53.7 Å². The molecule has 0 aliphatic carbocycles. The van der Waals surface area contributed by atoms with E-state index in [2.05, 4.69) is 9.88 Å². The molecule has 5 heteroatoms. The van der Waals surface area contributed by atoms with Gasteiger partial charge in [0.15, 0.2) is 0 Å². The molecule has 0 radical (unpaired) electrons. The van der Waals surface area contributed by atoms with E-state index in [1.54, 1.807) is 11.1 Å². The third kappa shape index (κ3) is 3.23. The number of rotatable bonds is 5. The Morgan fingerprint density at radius 1 is 1.42 bits per heavy atom. The lowest BCUT2D eigenvalue weighted by Gasteiger charge is -2.20.